The number of benzene rings is 3. The molecule has 0 aromatic heterocycles. The van der Waals surface area contributed by atoms with Crippen molar-refractivity contribution in [3.63, 3.8) is 0 Å². The molecule has 4 rings (SSSR count). The molecule has 0 heterocycles. The minimum atomic E-state index is 0.587. The molecule has 0 radical (unpaired) electrons. The van der Waals surface area contributed by atoms with Crippen LogP contribution in [0.2, 0.25) is 0 Å². The predicted molar refractivity (Wildman–Crippen MR) is 103 cm³/mol. The van der Waals surface area contributed by atoms with Gasteiger partial charge in [0, 0.05) is 11.1 Å². The third-order valence-electron chi connectivity index (χ3n) is 4.71. The maximum Gasteiger partial charge on any atom is 0.0690 e. The normalized spacial score (nSPS) is 13.7. The van der Waals surface area contributed by atoms with Crippen LogP contribution in [0.25, 0.3) is 16.3 Å². The molecule has 0 fully saturated rings. The third kappa shape index (κ3) is 2.48. The van der Waals surface area contributed by atoms with E-state index in [0.29, 0.717) is 5.71 Å². The quantitative estimate of drug-likeness (QED) is 0.575. The first-order valence-electron chi connectivity index (χ1n) is 8.28. The minimum Gasteiger partial charge on any atom is -0.300 e. The van der Waals surface area contributed by atoms with Crippen molar-refractivity contribution in [2.24, 2.45) is 0 Å². The van der Waals surface area contributed by atoms with E-state index in [9.17, 15) is 0 Å². The number of rotatable bonds is 3. The van der Waals surface area contributed by atoms with Crippen molar-refractivity contribution >= 4 is 22.1 Å². The first-order chi connectivity index (χ1) is 11.7. The van der Waals surface area contributed by atoms with Crippen molar-refractivity contribution in [1.29, 1.82) is 5.41 Å². The van der Waals surface area contributed by atoms with E-state index in [4.69, 9.17) is 5.41 Å². The average Bonchev–Trinajstić information content (AvgIpc) is 3.06. The average molecular weight is 309 g/mol. The topological polar surface area (TPSA) is 23.9 Å². The van der Waals surface area contributed by atoms with Crippen LogP contribution in [0.5, 0.6) is 0 Å². The first-order valence-corrected chi connectivity index (χ1v) is 8.28. The van der Waals surface area contributed by atoms with Gasteiger partial charge in [-0.05, 0) is 53.0 Å². The molecule has 0 amide bonds. The molecule has 1 aliphatic rings. The van der Waals surface area contributed by atoms with E-state index in [1.165, 1.54) is 27.5 Å². The monoisotopic (exact) mass is 309 g/mol. The zero-order chi connectivity index (χ0) is 16.5. The Morgan fingerprint density at radius 1 is 0.875 bits per heavy atom. The number of fused-ring (bicyclic) bond motifs is 1. The van der Waals surface area contributed by atoms with Gasteiger partial charge in [0.1, 0.15) is 0 Å². The maximum atomic E-state index is 8.77. The summed E-state index contributed by atoms with van der Waals surface area (Å²) in [4.78, 5) is 0. The Kier molecular flexibility index (Phi) is 3.62. The summed E-state index contributed by atoms with van der Waals surface area (Å²) in [6.45, 7) is 2.16. The molecular formula is C23H19N. The van der Waals surface area contributed by atoms with E-state index >= 15 is 0 Å². The molecule has 116 valence electrons. The lowest BCUT2D eigenvalue weighted by Gasteiger charge is -2.15. The SMILES string of the molecule is CC1=C(c2cc3ccccc3cc2C(=N)c2ccccc2)CC=C1. The van der Waals surface area contributed by atoms with Gasteiger partial charge in [-0.1, -0.05) is 66.7 Å². The van der Waals surface area contributed by atoms with Crippen LogP contribution in [0, 0.1) is 5.41 Å². The molecule has 0 spiro atoms. The van der Waals surface area contributed by atoms with Crippen molar-refractivity contribution in [2.45, 2.75) is 13.3 Å². The largest absolute Gasteiger partial charge is 0.300 e. The zero-order valence-corrected chi connectivity index (χ0v) is 13.7. The van der Waals surface area contributed by atoms with Gasteiger partial charge >= 0.3 is 0 Å². The lowest BCUT2D eigenvalue weighted by molar-refractivity contribution is 1.39. The third-order valence-corrected chi connectivity index (χ3v) is 4.71. The Labute approximate surface area is 142 Å². The number of allylic oxidation sites excluding steroid dienone is 4. The molecule has 0 bridgehead atoms. The molecule has 0 unspecified atom stereocenters. The molecule has 1 N–H and O–H groups in total. The van der Waals surface area contributed by atoms with Gasteiger partial charge in [0.2, 0.25) is 0 Å². The highest BCUT2D eigenvalue weighted by molar-refractivity contribution is 6.15. The lowest BCUT2D eigenvalue weighted by Crippen LogP contribution is -2.05. The van der Waals surface area contributed by atoms with Gasteiger partial charge in [-0.25, -0.2) is 0 Å². The smallest absolute Gasteiger partial charge is 0.0690 e. The van der Waals surface area contributed by atoms with Crippen molar-refractivity contribution in [3.8, 4) is 0 Å². The summed E-state index contributed by atoms with van der Waals surface area (Å²) in [6.07, 6.45) is 5.33. The molecule has 1 heteroatoms. The van der Waals surface area contributed by atoms with Gasteiger partial charge in [-0.15, -0.1) is 0 Å². The fourth-order valence-corrected chi connectivity index (χ4v) is 3.39. The fourth-order valence-electron chi connectivity index (χ4n) is 3.39. The first kappa shape index (κ1) is 14.6. The van der Waals surface area contributed by atoms with Gasteiger partial charge < -0.3 is 0 Å². The molecule has 1 aliphatic carbocycles. The van der Waals surface area contributed by atoms with Crippen LogP contribution in [-0.2, 0) is 0 Å². The Morgan fingerprint density at radius 3 is 2.21 bits per heavy atom. The second-order valence-electron chi connectivity index (χ2n) is 6.25. The highest BCUT2D eigenvalue weighted by atomic mass is 14.4. The Bertz CT molecular complexity index is 991. The van der Waals surface area contributed by atoms with E-state index < -0.39 is 0 Å². The van der Waals surface area contributed by atoms with E-state index in [0.717, 1.165) is 17.5 Å². The molecule has 0 saturated carbocycles. The van der Waals surface area contributed by atoms with E-state index in [1.54, 1.807) is 0 Å². The van der Waals surface area contributed by atoms with Crippen LogP contribution < -0.4 is 0 Å². The highest BCUT2D eigenvalue weighted by Gasteiger charge is 2.17. The molecular weight excluding hydrogens is 290 g/mol. The molecule has 0 saturated heterocycles. The van der Waals surface area contributed by atoms with Gasteiger partial charge in [-0.3, -0.25) is 5.41 Å². The fraction of sp³-hybridized carbons (Fsp3) is 0.0870. The summed E-state index contributed by atoms with van der Waals surface area (Å²) in [5.41, 5.74) is 6.37. The summed E-state index contributed by atoms with van der Waals surface area (Å²) >= 11 is 0. The van der Waals surface area contributed by atoms with Crippen LogP contribution in [0.15, 0.2) is 84.5 Å². The predicted octanol–water partition coefficient (Wildman–Crippen LogP) is 5.99. The van der Waals surface area contributed by atoms with Crippen LogP contribution in [0.4, 0.5) is 0 Å². The highest BCUT2D eigenvalue weighted by Crippen LogP contribution is 2.34. The van der Waals surface area contributed by atoms with E-state index in [-0.39, 0.29) is 0 Å². The van der Waals surface area contributed by atoms with Crippen LogP contribution in [0.1, 0.15) is 30.0 Å². The summed E-state index contributed by atoms with van der Waals surface area (Å²) < 4.78 is 0. The molecule has 3 aromatic rings. The van der Waals surface area contributed by atoms with Gasteiger partial charge in [-0.2, -0.15) is 0 Å². The molecule has 1 nitrogen and oxygen atoms in total. The molecule has 0 atom stereocenters. The summed E-state index contributed by atoms with van der Waals surface area (Å²) in [5, 5.41) is 11.2. The van der Waals surface area contributed by atoms with Crippen molar-refractivity contribution < 1.29 is 0 Å². The number of hydrogen-bond acceptors (Lipinski definition) is 1. The molecule has 24 heavy (non-hydrogen) atoms. The van der Waals surface area contributed by atoms with Gasteiger partial charge in [0.15, 0.2) is 0 Å². The maximum absolute atomic E-state index is 8.77. The number of hydrogen-bond donors (Lipinski definition) is 1. The second-order valence-corrected chi connectivity index (χ2v) is 6.25. The van der Waals surface area contributed by atoms with Crippen LogP contribution >= 0.6 is 0 Å². The Hall–Kier alpha value is -2.93. The lowest BCUT2D eigenvalue weighted by atomic mass is 9.89. The van der Waals surface area contributed by atoms with E-state index in [1.807, 2.05) is 30.3 Å². The van der Waals surface area contributed by atoms with Crippen LogP contribution in [-0.4, -0.2) is 5.71 Å². The molecule has 0 aliphatic heterocycles. The second kappa shape index (κ2) is 5.93. The molecule has 3 aromatic carbocycles. The number of nitrogens with one attached hydrogen (secondary N) is 1. The summed E-state index contributed by atoms with van der Waals surface area (Å²) in [6, 6.07) is 22.8. The standard InChI is InChI=1S/C23H19N/c1-16-8-7-13-20(16)21-14-18-11-5-6-12-19(18)15-22(21)23(24)17-9-3-2-4-10-17/h2-12,14-15,24H,13H2,1H3. The Balaban J connectivity index is 1.96. The van der Waals surface area contributed by atoms with Gasteiger partial charge in [0.25, 0.3) is 0 Å². The van der Waals surface area contributed by atoms with Crippen molar-refractivity contribution in [1.82, 2.24) is 0 Å². The zero-order valence-electron chi connectivity index (χ0n) is 13.7. The minimum absolute atomic E-state index is 0.587. The van der Waals surface area contributed by atoms with Crippen molar-refractivity contribution in [3.05, 3.63) is 101 Å². The van der Waals surface area contributed by atoms with Crippen molar-refractivity contribution in [2.75, 3.05) is 0 Å². The summed E-state index contributed by atoms with van der Waals surface area (Å²) in [5.74, 6) is 0. The summed E-state index contributed by atoms with van der Waals surface area (Å²) in [7, 11) is 0. The Morgan fingerprint density at radius 2 is 1.54 bits per heavy atom. The van der Waals surface area contributed by atoms with Crippen LogP contribution in [0.3, 0.4) is 0 Å². The van der Waals surface area contributed by atoms with E-state index in [2.05, 4.69) is 55.5 Å². The van der Waals surface area contributed by atoms with Gasteiger partial charge in [0.05, 0.1) is 5.71 Å².